The molecular formula is C11H19N3O2S. The molecule has 0 unspecified atom stereocenters. The Labute approximate surface area is 107 Å². The van der Waals surface area contributed by atoms with E-state index in [1.54, 1.807) is 0 Å². The van der Waals surface area contributed by atoms with Crippen LogP contribution in [0.25, 0.3) is 0 Å². The molecule has 0 aromatic heterocycles. The minimum absolute atomic E-state index is 0.150. The number of ether oxygens (including phenoxy) is 1. The van der Waals surface area contributed by atoms with Crippen LogP contribution in [0.1, 0.15) is 12.8 Å². The van der Waals surface area contributed by atoms with Crippen LogP contribution >= 0.6 is 12.2 Å². The Kier molecular flexibility index (Phi) is 4.17. The molecule has 0 saturated carbocycles. The number of piperazine rings is 1. The number of nitrogens with zero attached hydrogens (tertiary/aromatic N) is 2. The van der Waals surface area contributed by atoms with Crippen molar-refractivity contribution >= 4 is 23.2 Å². The largest absolute Gasteiger partial charge is 0.368 e. The molecule has 5 nitrogen and oxygen atoms in total. The quantitative estimate of drug-likeness (QED) is 0.660. The number of hydrogen-bond donors (Lipinski definition) is 1. The van der Waals surface area contributed by atoms with Gasteiger partial charge in [0.05, 0.1) is 0 Å². The molecule has 0 aliphatic carbocycles. The second-order valence-corrected chi connectivity index (χ2v) is 4.76. The van der Waals surface area contributed by atoms with E-state index in [2.05, 4.69) is 10.2 Å². The number of amides is 1. The van der Waals surface area contributed by atoms with E-state index in [9.17, 15) is 4.79 Å². The summed E-state index contributed by atoms with van der Waals surface area (Å²) in [5.74, 6) is 0.150. The monoisotopic (exact) mass is 257 g/mol. The van der Waals surface area contributed by atoms with Crippen molar-refractivity contribution in [3.63, 3.8) is 0 Å². The number of nitrogens with one attached hydrogen (secondary N) is 1. The van der Waals surface area contributed by atoms with E-state index in [1.165, 1.54) is 0 Å². The Morgan fingerprint density at radius 1 is 1.29 bits per heavy atom. The summed E-state index contributed by atoms with van der Waals surface area (Å²) in [6.45, 7) is 3.80. The van der Waals surface area contributed by atoms with E-state index in [-0.39, 0.29) is 12.0 Å². The molecular weight excluding hydrogens is 238 g/mol. The maximum atomic E-state index is 12.1. The topological polar surface area (TPSA) is 44.8 Å². The molecule has 2 rings (SSSR count). The maximum absolute atomic E-state index is 12.1. The molecule has 1 amide bonds. The summed E-state index contributed by atoms with van der Waals surface area (Å²) in [5, 5.41) is 3.72. The third-order valence-electron chi connectivity index (χ3n) is 3.30. The lowest BCUT2D eigenvalue weighted by Gasteiger charge is -2.36. The van der Waals surface area contributed by atoms with Crippen molar-refractivity contribution in [3.05, 3.63) is 0 Å². The predicted molar refractivity (Wildman–Crippen MR) is 68.8 cm³/mol. The van der Waals surface area contributed by atoms with Gasteiger partial charge < -0.3 is 19.9 Å². The van der Waals surface area contributed by atoms with Crippen molar-refractivity contribution in [2.75, 3.05) is 39.8 Å². The van der Waals surface area contributed by atoms with Crippen LogP contribution < -0.4 is 5.32 Å². The van der Waals surface area contributed by atoms with Gasteiger partial charge in [0, 0.05) is 39.8 Å². The van der Waals surface area contributed by atoms with Crippen molar-refractivity contribution < 1.29 is 9.53 Å². The third kappa shape index (κ3) is 2.87. The lowest BCUT2D eigenvalue weighted by atomic mass is 10.2. The lowest BCUT2D eigenvalue weighted by Crippen LogP contribution is -2.54. The van der Waals surface area contributed by atoms with Gasteiger partial charge in [0.15, 0.2) is 5.11 Å². The van der Waals surface area contributed by atoms with Gasteiger partial charge in [0.2, 0.25) is 0 Å². The van der Waals surface area contributed by atoms with Crippen molar-refractivity contribution in [2.45, 2.75) is 18.9 Å². The average Bonchev–Trinajstić information content (AvgIpc) is 2.91. The summed E-state index contributed by atoms with van der Waals surface area (Å²) < 4.78 is 5.42. The Morgan fingerprint density at radius 3 is 2.47 bits per heavy atom. The smallest absolute Gasteiger partial charge is 0.251 e. The second-order valence-electron chi connectivity index (χ2n) is 4.37. The highest BCUT2D eigenvalue weighted by Crippen LogP contribution is 2.15. The standard InChI is InChI=1S/C11H19N3O2S/c1-12-11(17)14-6-4-13(5-7-14)10(15)9-3-2-8-16-9/h9H,2-8H2,1H3,(H,12,17)/t9-/m1/s1. The third-order valence-corrected chi connectivity index (χ3v) is 3.76. The average molecular weight is 257 g/mol. The zero-order valence-corrected chi connectivity index (χ0v) is 11.0. The first-order valence-electron chi connectivity index (χ1n) is 6.09. The first-order valence-corrected chi connectivity index (χ1v) is 6.50. The Balaban J connectivity index is 1.82. The molecule has 0 aromatic carbocycles. The van der Waals surface area contributed by atoms with Crippen molar-refractivity contribution in [2.24, 2.45) is 0 Å². The van der Waals surface area contributed by atoms with E-state index in [1.807, 2.05) is 11.9 Å². The molecule has 0 radical (unpaired) electrons. The van der Waals surface area contributed by atoms with Gasteiger partial charge in [-0.3, -0.25) is 4.79 Å². The van der Waals surface area contributed by atoms with Gasteiger partial charge >= 0.3 is 0 Å². The van der Waals surface area contributed by atoms with Crippen molar-refractivity contribution in [1.82, 2.24) is 15.1 Å². The Morgan fingerprint density at radius 2 is 1.94 bits per heavy atom. The Hall–Kier alpha value is -0.880. The van der Waals surface area contributed by atoms with Gasteiger partial charge in [-0.15, -0.1) is 0 Å². The number of carbonyl (C=O) groups is 1. The van der Waals surface area contributed by atoms with Crippen LogP contribution in [0.4, 0.5) is 0 Å². The predicted octanol–water partition coefficient (Wildman–Crippen LogP) is -0.186. The van der Waals surface area contributed by atoms with E-state index in [4.69, 9.17) is 17.0 Å². The van der Waals surface area contributed by atoms with Gasteiger partial charge in [0.25, 0.3) is 5.91 Å². The van der Waals surface area contributed by atoms with Crippen LogP contribution in [-0.2, 0) is 9.53 Å². The highest BCUT2D eigenvalue weighted by atomic mass is 32.1. The second kappa shape index (κ2) is 5.64. The van der Waals surface area contributed by atoms with Crippen molar-refractivity contribution in [3.8, 4) is 0 Å². The fourth-order valence-electron chi connectivity index (χ4n) is 2.26. The summed E-state index contributed by atoms with van der Waals surface area (Å²) in [7, 11) is 1.83. The van der Waals surface area contributed by atoms with Crippen molar-refractivity contribution in [1.29, 1.82) is 0 Å². The zero-order chi connectivity index (χ0) is 12.3. The molecule has 0 spiro atoms. The minimum atomic E-state index is -0.196. The molecule has 6 heteroatoms. The maximum Gasteiger partial charge on any atom is 0.251 e. The van der Waals surface area contributed by atoms with E-state index in [0.29, 0.717) is 0 Å². The van der Waals surface area contributed by atoms with Crippen LogP contribution in [0, 0.1) is 0 Å². The molecule has 0 aromatic rings. The number of carbonyl (C=O) groups excluding carboxylic acids is 1. The fourth-order valence-corrected chi connectivity index (χ4v) is 2.45. The number of rotatable bonds is 1. The van der Waals surface area contributed by atoms with Gasteiger partial charge in [-0.2, -0.15) is 0 Å². The first-order chi connectivity index (χ1) is 8.22. The zero-order valence-electron chi connectivity index (χ0n) is 10.1. The molecule has 1 N–H and O–H groups in total. The summed E-state index contributed by atoms with van der Waals surface area (Å²) in [6, 6.07) is 0. The van der Waals surface area contributed by atoms with Gasteiger partial charge in [-0.1, -0.05) is 0 Å². The molecule has 17 heavy (non-hydrogen) atoms. The van der Waals surface area contributed by atoms with E-state index < -0.39 is 0 Å². The molecule has 2 aliphatic heterocycles. The molecule has 96 valence electrons. The summed E-state index contributed by atoms with van der Waals surface area (Å²) in [6.07, 6.45) is 1.67. The highest BCUT2D eigenvalue weighted by Gasteiger charge is 2.30. The molecule has 2 saturated heterocycles. The van der Waals surface area contributed by atoms with E-state index in [0.717, 1.165) is 50.7 Å². The molecule has 2 aliphatic rings. The Bertz CT molecular complexity index is 297. The van der Waals surface area contributed by atoms with Crippen LogP contribution in [0.15, 0.2) is 0 Å². The van der Waals surface area contributed by atoms with E-state index >= 15 is 0 Å². The first kappa shape index (κ1) is 12.6. The van der Waals surface area contributed by atoms with Crippen LogP contribution in [-0.4, -0.2) is 66.8 Å². The summed E-state index contributed by atoms with van der Waals surface area (Å²) in [4.78, 5) is 16.1. The van der Waals surface area contributed by atoms with Crippen LogP contribution in [0.3, 0.4) is 0 Å². The highest BCUT2D eigenvalue weighted by molar-refractivity contribution is 7.80. The molecule has 0 bridgehead atoms. The lowest BCUT2D eigenvalue weighted by molar-refractivity contribution is -0.142. The summed E-state index contributed by atoms with van der Waals surface area (Å²) in [5.41, 5.74) is 0. The molecule has 1 atom stereocenters. The normalized spacial score (nSPS) is 24.9. The summed E-state index contributed by atoms with van der Waals surface area (Å²) >= 11 is 5.17. The fraction of sp³-hybridized carbons (Fsp3) is 0.818. The van der Waals surface area contributed by atoms with Gasteiger partial charge in [-0.05, 0) is 25.1 Å². The van der Waals surface area contributed by atoms with Crippen LogP contribution in [0.5, 0.6) is 0 Å². The minimum Gasteiger partial charge on any atom is -0.368 e. The molecule has 2 heterocycles. The van der Waals surface area contributed by atoms with Gasteiger partial charge in [-0.25, -0.2) is 0 Å². The van der Waals surface area contributed by atoms with Gasteiger partial charge in [0.1, 0.15) is 6.10 Å². The molecule has 2 fully saturated rings. The number of hydrogen-bond acceptors (Lipinski definition) is 3. The number of thiocarbonyl (C=S) groups is 1. The SMILES string of the molecule is CNC(=S)N1CCN(C(=O)[C@H]2CCCO2)CC1. The van der Waals surface area contributed by atoms with Crippen LogP contribution in [0.2, 0.25) is 0 Å².